The second-order valence-electron chi connectivity index (χ2n) is 7.17. The van der Waals surface area contributed by atoms with Crippen LogP contribution in [-0.2, 0) is 11.2 Å². The van der Waals surface area contributed by atoms with Crippen LogP contribution in [0.5, 0.6) is 0 Å². The van der Waals surface area contributed by atoms with Gasteiger partial charge in [-0.25, -0.2) is 0 Å². The van der Waals surface area contributed by atoms with Gasteiger partial charge in [0, 0.05) is 43.3 Å². The molecule has 1 fully saturated rings. The molecule has 4 heterocycles. The van der Waals surface area contributed by atoms with E-state index in [1.165, 1.54) is 6.26 Å². The first-order valence-corrected chi connectivity index (χ1v) is 9.75. The zero-order valence-corrected chi connectivity index (χ0v) is 16.2. The number of hydrogen-bond acceptors (Lipinski definition) is 6. The first kappa shape index (κ1) is 18.1. The van der Waals surface area contributed by atoms with Crippen LogP contribution in [0.1, 0.15) is 11.3 Å². The Morgan fingerprint density at radius 2 is 2.00 bits per heavy atom. The van der Waals surface area contributed by atoms with Crippen molar-refractivity contribution >= 4 is 22.7 Å². The van der Waals surface area contributed by atoms with Crippen molar-refractivity contribution in [2.24, 2.45) is 0 Å². The highest BCUT2D eigenvalue weighted by Crippen LogP contribution is 2.29. The number of aromatic amines is 1. The summed E-state index contributed by atoms with van der Waals surface area (Å²) in [6.07, 6.45) is 3.80. The van der Waals surface area contributed by atoms with E-state index in [2.05, 4.69) is 16.0 Å². The van der Waals surface area contributed by atoms with Gasteiger partial charge in [-0.2, -0.15) is 10.2 Å². The third kappa shape index (κ3) is 3.20. The van der Waals surface area contributed by atoms with Crippen molar-refractivity contribution in [1.29, 1.82) is 5.26 Å². The van der Waals surface area contributed by atoms with Crippen LogP contribution in [0.3, 0.4) is 0 Å². The van der Waals surface area contributed by atoms with Gasteiger partial charge in [-0.3, -0.25) is 4.79 Å². The van der Waals surface area contributed by atoms with Crippen LogP contribution in [0.15, 0.2) is 57.7 Å². The number of benzene rings is 1. The number of H-pyrrole nitrogens is 1. The Kier molecular flexibility index (Phi) is 4.48. The molecule has 1 aliphatic rings. The third-order valence-electron chi connectivity index (χ3n) is 5.38. The molecule has 0 unspecified atom stereocenters. The smallest absolute Gasteiger partial charge is 0.266 e. The van der Waals surface area contributed by atoms with E-state index in [1.807, 2.05) is 40.3 Å². The molecule has 0 spiro atoms. The molecular weight excluding hydrogens is 382 g/mol. The minimum absolute atomic E-state index is 0.0914. The minimum Gasteiger partial charge on any atom is -0.459 e. The molecule has 150 valence electrons. The number of para-hydroxylation sites is 1. The van der Waals surface area contributed by atoms with Crippen LogP contribution in [-0.4, -0.2) is 47.0 Å². The van der Waals surface area contributed by atoms with Crippen LogP contribution >= 0.6 is 0 Å². The summed E-state index contributed by atoms with van der Waals surface area (Å²) in [5.74, 6) is 1.27. The average Bonchev–Trinajstić information content (AvgIpc) is 3.53. The molecule has 0 atom stereocenters. The number of rotatable bonds is 4. The number of nitriles is 1. The third-order valence-corrected chi connectivity index (χ3v) is 5.38. The molecule has 3 aromatic heterocycles. The summed E-state index contributed by atoms with van der Waals surface area (Å²) in [5.41, 5.74) is 2.26. The predicted molar refractivity (Wildman–Crippen MR) is 110 cm³/mol. The fourth-order valence-corrected chi connectivity index (χ4v) is 3.82. The molecular formula is C22H19N5O3. The van der Waals surface area contributed by atoms with Crippen LogP contribution < -0.4 is 4.90 Å². The summed E-state index contributed by atoms with van der Waals surface area (Å²) >= 11 is 0. The van der Waals surface area contributed by atoms with Gasteiger partial charge >= 0.3 is 0 Å². The summed E-state index contributed by atoms with van der Waals surface area (Å²) in [5, 5.41) is 10.5. The Hall–Kier alpha value is -3.99. The molecule has 5 rings (SSSR count). The fraction of sp³-hybridized carbons (Fsp3) is 0.227. The van der Waals surface area contributed by atoms with Gasteiger partial charge in [-0.15, -0.1) is 0 Å². The van der Waals surface area contributed by atoms with Gasteiger partial charge in [-0.05, 0) is 23.8 Å². The number of aromatic nitrogens is 2. The second kappa shape index (κ2) is 7.44. The molecule has 1 aromatic carbocycles. The normalized spacial score (nSPS) is 14.2. The predicted octanol–water partition coefficient (Wildman–Crippen LogP) is 3.18. The minimum atomic E-state index is 0.0914. The number of anilines is 1. The Morgan fingerprint density at radius 1 is 1.17 bits per heavy atom. The van der Waals surface area contributed by atoms with Crippen LogP contribution in [0.2, 0.25) is 0 Å². The van der Waals surface area contributed by atoms with Crippen molar-refractivity contribution in [2.45, 2.75) is 6.42 Å². The van der Waals surface area contributed by atoms with E-state index in [9.17, 15) is 10.1 Å². The number of hydrogen-bond donors (Lipinski definition) is 1. The fourth-order valence-electron chi connectivity index (χ4n) is 3.82. The van der Waals surface area contributed by atoms with Crippen molar-refractivity contribution in [2.75, 3.05) is 31.1 Å². The molecule has 8 heteroatoms. The van der Waals surface area contributed by atoms with E-state index >= 15 is 0 Å². The van der Waals surface area contributed by atoms with E-state index in [4.69, 9.17) is 8.83 Å². The summed E-state index contributed by atoms with van der Waals surface area (Å²) in [6.45, 7) is 2.26. The molecule has 1 N–H and O–H groups in total. The highest BCUT2D eigenvalue weighted by molar-refractivity contribution is 5.89. The molecule has 1 saturated heterocycles. The number of oxazole rings is 1. The number of amides is 1. The number of carbonyl (C=O) groups is 1. The number of furan rings is 1. The van der Waals surface area contributed by atoms with Gasteiger partial charge < -0.3 is 23.6 Å². The standard InChI is InChI=1S/C22H19N5O3/c23-13-18-22(30-21(25-18)19-6-3-11-29-19)27-9-7-26(8-10-27)20(28)12-15-14-24-17-5-2-1-4-16(15)17/h1-6,11,14,24H,7-10,12H2. The number of carbonyl (C=O) groups excluding carboxylic acids is 1. The van der Waals surface area contributed by atoms with Crippen LogP contribution in [0.25, 0.3) is 22.6 Å². The van der Waals surface area contributed by atoms with E-state index < -0.39 is 0 Å². The molecule has 30 heavy (non-hydrogen) atoms. The lowest BCUT2D eigenvalue weighted by Gasteiger charge is -2.34. The topological polar surface area (TPSA) is 102 Å². The van der Waals surface area contributed by atoms with Gasteiger partial charge in [0.15, 0.2) is 5.76 Å². The van der Waals surface area contributed by atoms with Gasteiger partial charge in [-0.1, -0.05) is 18.2 Å². The molecule has 0 bridgehead atoms. The molecule has 0 saturated carbocycles. The quantitative estimate of drug-likeness (QED) is 0.563. The summed E-state index contributed by atoms with van der Waals surface area (Å²) < 4.78 is 11.1. The number of piperazine rings is 1. The summed E-state index contributed by atoms with van der Waals surface area (Å²) in [6, 6.07) is 13.5. The zero-order chi connectivity index (χ0) is 20.5. The molecule has 1 amide bonds. The largest absolute Gasteiger partial charge is 0.459 e. The molecule has 1 aliphatic heterocycles. The lowest BCUT2D eigenvalue weighted by molar-refractivity contribution is -0.130. The molecule has 0 aliphatic carbocycles. The Balaban J connectivity index is 1.26. The maximum Gasteiger partial charge on any atom is 0.266 e. The molecule has 8 nitrogen and oxygen atoms in total. The van der Waals surface area contributed by atoms with E-state index in [-0.39, 0.29) is 17.5 Å². The number of fused-ring (bicyclic) bond motifs is 1. The highest BCUT2D eigenvalue weighted by Gasteiger charge is 2.27. The monoisotopic (exact) mass is 401 g/mol. The SMILES string of the molecule is N#Cc1nc(-c2ccco2)oc1N1CCN(C(=O)Cc2c[nH]c3ccccc23)CC1. The number of nitrogens with zero attached hydrogens (tertiary/aromatic N) is 4. The van der Waals surface area contributed by atoms with Gasteiger partial charge in [0.1, 0.15) is 6.07 Å². The van der Waals surface area contributed by atoms with E-state index in [0.29, 0.717) is 44.2 Å². The van der Waals surface area contributed by atoms with Crippen molar-refractivity contribution in [3.8, 4) is 17.7 Å². The van der Waals surface area contributed by atoms with E-state index in [1.54, 1.807) is 12.1 Å². The lowest BCUT2D eigenvalue weighted by Crippen LogP contribution is -2.49. The van der Waals surface area contributed by atoms with Gasteiger partial charge in [0.05, 0.1) is 12.7 Å². The number of nitrogens with one attached hydrogen (secondary N) is 1. The first-order valence-electron chi connectivity index (χ1n) is 9.75. The van der Waals surface area contributed by atoms with Crippen molar-refractivity contribution in [1.82, 2.24) is 14.9 Å². The van der Waals surface area contributed by atoms with Gasteiger partial charge in [0.2, 0.25) is 17.5 Å². The van der Waals surface area contributed by atoms with Crippen molar-refractivity contribution < 1.29 is 13.6 Å². The Bertz CT molecular complexity index is 1220. The van der Waals surface area contributed by atoms with Crippen molar-refractivity contribution in [3.63, 3.8) is 0 Å². The zero-order valence-electron chi connectivity index (χ0n) is 16.2. The summed E-state index contributed by atoms with van der Waals surface area (Å²) in [4.78, 5) is 24.1. The maximum atomic E-state index is 12.8. The van der Waals surface area contributed by atoms with Crippen LogP contribution in [0, 0.1) is 11.3 Å². The average molecular weight is 401 g/mol. The second-order valence-corrected chi connectivity index (χ2v) is 7.17. The first-order chi connectivity index (χ1) is 14.7. The Morgan fingerprint density at radius 3 is 2.77 bits per heavy atom. The summed E-state index contributed by atoms with van der Waals surface area (Å²) in [7, 11) is 0. The molecule has 0 radical (unpaired) electrons. The van der Waals surface area contributed by atoms with E-state index in [0.717, 1.165) is 16.5 Å². The van der Waals surface area contributed by atoms with Crippen molar-refractivity contribution in [3.05, 3.63) is 60.1 Å². The molecule has 4 aromatic rings. The van der Waals surface area contributed by atoms with Gasteiger partial charge in [0.25, 0.3) is 5.89 Å². The lowest BCUT2D eigenvalue weighted by atomic mass is 10.1. The maximum absolute atomic E-state index is 12.8. The van der Waals surface area contributed by atoms with Crippen LogP contribution in [0.4, 0.5) is 5.88 Å². The Labute approximate surface area is 172 Å². The highest BCUT2D eigenvalue weighted by atomic mass is 16.4.